The van der Waals surface area contributed by atoms with Crippen LogP contribution in [-0.4, -0.2) is 11.8 Å². The molecule has 0 saturated carbocycles. The molecule has 0 unspecified atom stereocenters. The Morgan fingerprint density at radius 3 is 2.22 bits per heavy atom. The minimum absolute atomic E-state index is 0.0504. The van der Waals surface area contributed by atoms with Crippen molar-refractivity contribution in [3.63, 3.8) is 0 Å². The molecular weight excluding hydrogens is 228 g/mol. The topological polar surface area (TPSA) is 58.2 Å². The molecule has 2 amide bonds. The Hall–Kier alpha value is -1.84. The minimum Gasteiger partial charge on any atom is -0.326 e. The number of anilines is 2. The number of nitrogens with one attached hydrogen (secondary N) is 2. The molecule has 0 spiro atoms. The molecule has 0 atom stereocenters. The van der Waals surface area contributed by atoms with Gasteiger partial charge in [-0.3, -0.25) is 9.59 Å². The maximum Gasteiger partial charge on any atom is 0.229 e. The Bertz CT molecular complexity index is 473. The van der Waals surface area contributed by atoms with Gasteiger partial charge in [0.15, 0.2) is 0 Å². The Balaban J connectivity index is 2.94. The van der Waals surface area contributed by atoms with Crippen molar-refractivity contribution < 1.29 is 9.59 Å². The van der Waals surface area contributed by atoms with Crippen LogP contribution in [0.2, 0.25) is 0 Å². The Kier molecular flexibility index (Phi) is 4.11. The summed E-state index contributed by atoms with van der Waals surface area (Å²) in [6.07, 6.45) is 0. The highest BCUT2D eigenvalue weighted by molar-refractivity contribution is 5.96. The van der Waals surface area contributed by atoms with E-state index in [1.807, 2.05) is 39.8 Å². The van der Waals surface area contributed by atoms with Crippen molar-refractivity contribution >= 4 is 23.2 Å². The molecule has 0 aliphatic heterocycles. The van der Waals surface area contributed by atoms with E-state index in [0.717, 1.165) is 11.3 Å². The first-order valence-electron chi connectivity index (χ1n) is 5.90. The average Bonchev–Trinajstić information content (AvgIpc) is 2.20. The van der Waals surface area contributed by atoms with E-state index in [1.165, 1.54) is 6.92 Å². The molecule has 1 aromatic rings. The standard InChI is InChI=1S/C14H20N2O2/c1-9-6-7-11(15-10(2)17)8-12(9)16-13(18)14(3,4)5/h6-8H,1-5H3,(H,15,17)(H,16,18). The van der Waals surface area contributed by atoms with E-state index >= 15 is 0 Å². The monoisotopic (exact) mass is 248 g/mol. The third-order valence-corrected chi connectivity index (χ3v) is 2.49. The van der Waals surface area contributed by atoms with Crippen molar-refractivity contribution in [1.29, 1.82) is 0 Å². The summed E-state index contributed by atoms with van der Waals surface area (Å²) >= 11 is 0. The van der Waals surface area contributed by atoms with Gasteiger partial charge in [0, 0.05) is 23.7 Å². The maximum atomic E-state index is 11.9. The van der Waals surface area contributed by atoms with Gasteiger partial charge < -0.3 is 10.6 Å². The normalized spacial score (nSPS) is 10.9. The molecule has 0 heterocycles. The number of amides is 2. The molecule has 0 aliphatic rings. The van der Waals surface area contributed by atoms with Gasteiger partial charge in [0.25, 0.3) is 0 Å². The highest BCUT2D eigenvalue weighted by atomic mass is 16.2. The van der Waals surface area contributed by atoms with Crippen molar-refractivity contribution in [1.82, 2.24) is 0 Å². The summed E-state index contributed by atoms with van der Waals surface area (Å²) in [5.41, 5.74) is 1.91. The van der Waals surface area contributed by atoms with E-state index in [4.69, 9.17) is 0 Å². The fraction of sp³-hybridized carbons (Fsp3) is 0.429. The van der Waals surface area contributed by atoms with Crippen LogP contribution in [0.15, 0.2) is 18.2 Å². The second-order valence-corrected chi connectivity index (χ2v) is 5.42. The third-order valence-electron chi connectivity index (χ3n) is 2.49. The minimum atomic E-state index is -0.448. The van der Waals surface area contributed by atoms with Gasteiger partial charge in [-0.15, -0.1) is 0 Å². The predicted octanol–water partition coefficient (Wildman–Crippen LogP) is 2.94. The molecule has 0 radical (unpaired) electrons. The highest BCUT2D eigenvalue weighted by Gasteiger charge is 2.21. The number of aryl methyl sites for hydroxylation is 1. The van der Waals surface area contributed by atoms with Crippen LogP contribution >= 0.6 is 0 Å². The first-order chi connectivity index (χ1) is 8.20. The zero-order valence-electron chi connectivity index (χ0n) is 11.5. The summed E-state index contributed by atoms with van der Waals surface area (Å²) in [5, 5.41) is 5.57. The molecular formula is C14H20N2O2. The zero-order valence-corrected chi connectivity index (χ0v) is 11.5. The Labute approximate surface area is 108 Å². The van der Waals surface area contributed by atoms with Crippen molar-refractivity contribution in [3.05, 3.63) is 23.8 Å². The summed E-state index contributed by atoms with van der Waals surface area (Å²) in [6.45, 7) is 8.93. The second kappa shape index (κ2) is 5.21. The maximum absolute atomic E-state index is 11.9. The quantitative estimate of drug-likeness (QED) is 0.845. The van der Waals surface area contributed by atoms with Crippen molar-refractivity contribution in [3.8, 4) is 0 Å². The van der Waals surface area contributed by atoms with Crippen molar-refractivity contribution in [2.75, 3.05) is 10.6 Å². The van der Waals surface area contributed by atoms with Gasteiger partial charge in [0.1, 0.15) is 0 Å². The van der Waals surface area contributed by atoms with E-state index in [-0.39, 0.29) is 11.8 Å². The molecule has 0 saturated heterocycles. The highest BCUT2D eigenvalue weighted by Crippen LogP contribution is 2.23. The number of carbonyl (C=O) groups excluding carboxylic acids is 2. The summed E-state index contributed by atoms with van der Waals surface area (Å²) in [6, 6.07) is 5.44. The fourth-order valence-electron chi connectivity index (χ4n) is 1.35. The van der Waals surface area contributed by atoms with Crippen LogP contribution in [0.5, 0.6) is 0 Å². The summed E-state index contributed by atoms with van der Waals surface area (Å²) < 4.78 is 0. The lowest BCUT2D eigenvalue weighted by Crippen LogP contribution is -2.28. The van der Waals surface area contributed by atoms with Gasteiger partial charge >= 0.3 is 0 Å². The smallest absolute Gasteiger partial charge is 0.229 e. The fourth-order valence-corrected chi connectivity index (χ4v) is 1.35. The Morgan fingerprint density at radius 2 is 1.72 bits per heavy atom. The lowest BCUT2D eigenvalue weighted by molar-refractivity contribution is -0.123. The predicted molar refractivity (Wildman–Crippen MR) is 73.6 cm³/mol. The van der Waals surface area contributed by atoms with Gasteiger partial charge in [0.2, 0.25) is 11.8 Å². The van der Waals surface area contributed by atoms with Crippen LogP contribution in [0.4, 0.5) is 11.4 Å². The molecule has 98 valence electrons. The van der Waals surface area contributed by atoms with Crippen LogP contribution in [0.3, 0.4) is 0 Å². The molecule has 2 N–H and O–H groups in total. The molecule has 4 heteroatoms. The Morgan fingerprint density at radius 1 is 1.11 bits per heavy atom. The van der Waals surface area contributed by atoms with Crippen LogP contribution in [-0.2, 0) is 9.59 Å². The van der Waals surface area contributed by atoms with Gasteiger partial charge in [-0.05, 0) is 24.6 Å². The molecule has 0 bridgehead atoms. The number of hydrogen-bond acceptors (Lipinski definition) is 2. The first kappa shape index (κ1) is 14.2. The first-order valence-corrected chi connectivity index (χ1v) is 5.90. The van der Waals surface area contributed by atoms with Crippen LogP contribution in [0.25, 0.3) is 0 Å². The van der Waals surface area contributed by atoms with Crippen LogP contribution in [0.1, 0.15) is 33.3 Å². The average molecular weight is 248 g/mol. The summed E-state index contributed by atoms with van der Waals surface area (Å²) in [7, 11) is 0. The largest absolute Gasteiger partial charge is 0.326 e. The molecule has 0 aromatic heterocycles. The van der Waals surface area contributed by atoms with E-state index in [0.29, 0.717) is 5.69 Å². The van der Waals surface area contributed by atoms with Gasteiger partial charge in [-0.25, -0.2) is 0 Å². The molecule has 1 rings (SSSR count). The molecule has 1 aromatic carbocycles. The molecule has 0 fully saturated rings. The second-order valence-electron chi connectivity index (χ2n) is 5.42. The van der Waals surface area contributed by atoms with E-state index in [9.17, 15) is 9.59 Å². The lowest BCUT2D eigenvalue weighted by Gasteiger charge is -2.19. The molecule has 18 heavy (non-hydrogen) atoms. The van der Waals surface area contributed by atoms with Crippen molar-refractivity contribution in [2.45, 2.75) is 34.6 Å². The molecule has 4 nitrogen and oxygen atoms in total. The van der Waals surface area contributed by atoms with Crippen molar-refractivity contribution in [2.24, 2.45) is 5.41 Å². The van der Waals surface area contributed by atoms with Gasteiger partial charge in [0.05, 0.1) is 0 Å². The number of benzene rings is 1. The summed E-state index contributed by atoms with van der Waals surface area (Å²) in [4.78, 5) is 22.9. The molecule has 0 aliphatic carbocycles. The number of rotatable bonds is 2. The van der Waals surface area contributed by atoms with E-state index in [2.05, 4.69) is 10.6 Å². The number of carbonyl (C=O) groups is 2. The van der Waals surface area contributed by atoms with Gasteiger partial charge in [-0.2, -0.15) is 0 Å². The van der Waals surface area contributed by atoms with E-state index in [1.54, 1.807) is 6.07 Å². The third kappa shape index (κ3) is 3.87. The summed E-state index contributed by atoms with van der Waals surface area (Å²) in [5.74, 6) is -0.183. The van der Waals surface area contributed by atoms with Crippen LogP contribution < -0.4 is 10.6 Å². The number of hydrogen-bond donors (Lipinski definition) is 2. The van der Waals surface area contributed by atoms with E-state index < -0.39 is 5.41 Å². The zero-order chi connectivity index (χ0) is 13.9. The van der Waals surface area contributed by atoms with Crippen LogP contribution in [0, 0.1) is 12.3 Å². The van der Waals surface area contributed by atoms with Gasteiger partial charge in [-0.1, -0.05) is 26.8 Å². The lowest BCUT2D eigenvalue weighted by atomic mass is 9.95. The SMILES string of the molecule is CC(=O)Nc1ccc(C)c(NC(=O)C(C)(C)C)c1.